The van der Waals surface area contributed by atoms with Gasteiger partial charge in [-0.3, -0.25) is 24.0 Å². The van der Waals surface area contributed by atoms with Crippen molar-refractivity contribution in [1.82, 2.24) is 16.0 Å². The Balaban J connectivity index is -0.000000371. The van der Waals surface area contributed by atoms with Crippen LogP contribution in [0.25, 0.3) is 0 Å². The molecular formula is C33H54N4O7. The Kier molecular flexibility index (Phi) is 29.1. The zero-order valence-electron chi connectivity index (χ0n) is 25.3. The summed E-state index contributed by atoms with van der Waals surface area (Å²) in [7, 11) is 0. The fourth-order valence-electron chi connectivity index (χ4n) is 2.54. The van der Waals surface area contributed by atoms with E-state index in [4.69, 9.17) is 5.11 Å². The van der Waals surface area contributed by atoms with Gasteiger partial charge in [-0.15, -0.1) is 13.2 Å². The van der Waals surface area contributed by atoms with E-state index in [2.05, 4.69) is 39.6 Å². The van der Waals surface area contributed by atoms with Gasteiger partial charge in [0, 0.05) is 34.9 Å². The summed E-state index contributed by atoms with van der Waals surface area (Å²) in [6.07, 6.45) is 1.60. The fraction of sp³-hybridized carbons (Fsp3) is 0.424. The highest BCUT2D eigenvalue weighted by molar-refractivity contribution is 6.09. The third kappa shape index (κ3) is 20.5. The predicted molar refractivity (Wildman–Crippen MR) is 177 cm³/mol. The molecule has 0 bridgehead atoms. The number of benzene rings is 2. The lowest BCUT2D eigenvalue weighted by atomic mass is 9.89. The molecule has 0 heterocycles. The molecule has 0 saturated carbocycles. The molecule has 11 nitrogen and oxygen atoms in total. The van der Waals surface area contributed by atoms with Gasteiger partial charge in [-0.05, 0) is 18.6 Å². The lowest BCUT2D eigenvalue weighted by Crippen LogP contribution is -2.43. The highest BCUT2D eigenvalue weighted by Gasteiger charge is 2.24. The van der Waals surface area contributed by atoms with E-state index in [9.17, 15) is 24.0 Å². The van der Waals surface area contributed by atoms with Crippen LogP contribution < -0.4 is 21.7 Å². The fourth-order valence-corrected chi connectivity index (χ4v) is 2.54. The maximum atomic E-state index is 12.3. The summed E-state index contributed by atoms with van der Waals surface area (Å²) in [5.41, 5.74) is 5.74. The van der Waals surface area contributed by atoms with E-state index < -0.39 is 5.41 Å². The molecule has 0 fully saturated rings. The van der Waals surface area contributed by atoms with Crippen molar-refractivity contribution in [3.63, 3.8) is 0 Å². The zero-order valence-corrected chi connectivity index (χ0v) is 25.3. The van der Waals surface area contributed by atoms with Crippen LogP contribution in [-0.4, -0.2) is 54.7 Å². The summed E-state index contributed by atoms with van der Waals surface area (Å²) in [6.45, 7) is 14.9. The molecule has 248 valence electrons. The number of aliphatic hydroxyl groups is 1. The van der Waals surface area contributed by atoms with E-state index in [-0.39, 0.29) is 64.5 Å². The van der Waals surface area contributed by atoms with E-state index in [0.717, 1.165) is 0 Å². The van der Waals surface area contributed by atoms with Crippen LogP contribution >= 0.6 is 0 Å². The van der Waals surface area contributed by atoms with Crippen molar-refractivity contribution in [3.05, 3.63) is 84.4 Å². The minimum atomic E-state index is -0.468. The van der Waals surface area contributed by atoms with E-state index in [0.29, 0.717) is 36.0 Å². The van der Waals surface area contributed by atoms with Gasteiger partial charge in [0.15, 0.2) is 5.78 Å². The summed E-state index contributed by atoms with van der Waals surface area (Å²) in [4.78, 5) is 56.5. The normalized spacial score (nSPS) is 9.23. The zero-order chi connectivity index (χ0) is 32.6. The number of rotatable bonds is 12. The molecular weight excluding hydrogens is 564 g/mol. The van der Waals surface area contributed by atoms with E-state index >= 15 is 0 Å². The standard InChI is InChI=1S/C21H24N2O3.C5H11NO3.C3H7NO.C2H4.2CH4/c1-4-21(2,3)20(26)23-14-22-19(25)17-12-10-16(11-13-17)18(24)15-8-6-5-7-9-15;1-2-5(8)6-3-9-4-7;1-2-3(4)5;1-2;;/h5-13H,4,14H2,1-3H3,(H,22,25)(H,23,26);7H,2-4H2,1H3,(H,6,8);2H2,1H3,(H2,4,5);1-2H2;2*1H4. The quantitative estimate of drug-likeness (QED) is 0.100. The second-order valence-electron chi connectivity index (χ2n) is 8.95. The first-order chi connectivity index (χ1) is 19.9. The highest BCUT2D eigenvalue weighted by atomic mass is 16.6. The molecule has 2 rings (SSSR count). The lowest BCUT2D eigenvalue weighted by molar-refractivity contribution is -0.129. The van der Waals surface area contributed by atoms with Crippen LogP contribution in [0.1, 0.15) is 95.0 Å². The van der Waals surface area contributed by atoms with Crippen molar-refractivity contribution in [2.45, 2.75) is 68.7 Å². The second kappa shape index (κ2) is 27.5. The van der Waals surface area contributed by atoms with Crippen molar-refractivity contribution in [2.24, 2.45) is 11.1 Å². The van der Waals surface area contributed by atoms with Crippen LogP contribution in [0.5, 0.6) is 0 Å². The first kappa shape index (κ1) is 46.6. The van der Waals surface area contributed by atoms with E-state index in [1.54, 1.807) is 50.2 Å². The van der Waals surface area contributed by atoms with Crippen LogP contribution in [-0.2, 0) is 19.1 Å². The Morgan fingerprint density at radius 1 is 0.795 bits per heavy atom. The van der Waals surface area contributed by atoms with Crippen molar-refractivity contribution < 1.29 is 33.8 Å². The Morgan fingerprint density at radius 2 is 1.27 bits per heavy atom. The molecule has 0 aliphatic heterocycles. The molecule has 0 aliphatic carbocycles. The van der Waals surface area contributed by atoms with Crippen LogP contribution in [0.15, 0.2) is 67.8 Å². The van der Waals surface area contributed by atoms with Gasteiger partial charge in [0.05, 0.1) is 6.67 Å². The maximum Gasteiger partial charge on any atom is 0.252 e. The van der Waals surface area contributed by atoms with E-state index in [1.807, 2.05) is 39.0 Å². The summed E-state index contributed by atoms with van der Waals surface area (Å²) in [5, 5.41) is 15.8. The first-order valence-electron chi connectivity index (χ1n) is 13.4. The highest BCUT2D eigenvalue weighted by Crippen LogP contribution is 2.19. The molecule has 0 unspecified atom stereocenters. The van der Waals surface area contributed by atoms with Crippen LogP contribution in [0.2, 0.25) is 0 Å². The van der Waals surface area contributed by atoms with Crippen molar-refractivity contribution in [2.75, 3.05) is 20.2 Å². The Labute approximate surface area is 263 Å². The number of ether oxygens (including phenoxy) is 1. The largest absolute Gasteiger partial charge is 0.371 e. The van der Waals surface area contributed by atoms with Crippen LogP contribution in [0, 0.1) is 5.41 Å². The number of nitrogens with one attached hydrogen (secondary N) is 3. The minimum absolute atomic E-state index is 0. The molecule has 6 N–H and O–H groups in total. The number of primary amides is 1. The molecule has 4 amide bonds. The van der Waals surface area contributed by atoms with Crippen molar-refractivity contribution >= 4 is 29.4 Å². The molecule has 0 saturated heterocycles. The van der Waals surface area contributed by atoms with E-state index in [1.165, 1.54) is 0 Å². The minimum Gasteiger partial charge on any atom is -0.371 e. The van der Waals surface area contributed by atoms with Gasteiger partial charge in [0.2, 0.25) is 17.7 Å². The monoisotopic (exact) mass is 618 g/mol. The number of carbonyl (C=O) groups excluding carboxylic acids is 5. The van der Waals surface area contributed by atoms with Gasteiger partial charge in [0.1, 0.15) is 13.5 Å². The molecule has 0 radical (unpaired) electrons. The summed E-state index contributed by atoms with van der Waals surface area (Å²) < 4.78 is 4.43. The molecule has 11 heteroatoms. The van der Waals surface area contributed by atoms with Gasteiger partial charge in [-0.25, -0.2) is 0 Å². The summed E-state index contributed by atoms with van der Waals surface area (Å²) >= 11 is 0. The Hall–Kier alpha value is -4.35. The van der Waals surface area contributed by atoms with Gasteiger partial charge in [0.25, 0.3) is 5.91 Å². The van der Waals surface area contributed by atoms with Crippen molar-refractivity contribution in [3.8, 4) is 0 Å². The average molecular weight is 619 g/mol. The second-order valence-corrected chi connectivity index (χ2v) is 8.95. The average Bonchev–Trinajstić information content (AvgIpc) is 3.02. The maximum absolute atomic E-state index is 12.3. The molecule has 0 aliphatic rings. The third-order valence-corrected chi connectivity index (χ3v) is 5.57. The molecule has 0 aromatic heterocycles. The topological polar surface area (TPSA) is 177 Å². The number of nitrogens with two attached hydrogens (primary N) is 1. The van der Waals surface area contributed by atoms with Gasteiger partial charge >= 0.3 is 0 Å². The number of aliphatic hydroxyl groups excluding tert-OH is 1. The summed E-state index contributed by atoms with van der Waals surface area (Å²) in [5.74, 6) is -0.831. The number of hydrogen-bond acceptors (Lipinski definition) is 7. The number of hydrogen-bond donors (Lipinski definition) is 5. The Morgan fingerprint density at radius 3 is 1.70 bits per heavy atom. The number of ketones is 1. The van der Waals surface area contributed by atoms with Crippen LogP contribution in [0.4, 0.5) is 0 Å². The molecule has 0 atom stereocenters. The molecule has 0 spiro atoms. The smallest absolute Gasteiger partial charge is 0.252 e. The van der Waals surface area contributed by atoms with Gasteiger partial charge < -0.3 is 31.5 Å². The molecule has 44 heavy (non-hydrogen) atoms. The number of amides is 4. The molecule has 2 aromatic rings. The SMILES string of the molecule is C.C.C=C.CCC(=O)NCOCO.CCC(C)(C)C(=O)NCNC(=O)c1ccc(C(=O)c2ccccc2)cc1.CCC(N)=O. The number of carbonyl (C=O) groups is 5. The molecule has 2 aromatic carbocycles. The lowest BCUT2D eigenvalue weighted by Gasteiger charge is -2.21. The van der Waals surface area contributed by atoms with Crippen LogP contribution in [0.3, 0.4) is 0 Å². The predicted octanol–water partition coefficient (Wildman–Crippen LogP) is 4.55. The van der Waals surface area contributed by atoms with Crippen molar-refractivity contribution in [1.29, 1.82) is 0 Å². The third-order valence-electron chi connectivity index (χ3n) is 5.57. The first-order valence-corrected chi connectivity index (χ1v) is 13.4. The summed E-state index contributed by atoms with van der Waals surface area (Å²) in [6, 6.07) is 15.4. The van der Waals surface area contributed by atoms with Gasteiger partial charge in [-0.1, -0.05) is 91.9 Å². The van der Waals surface area contributed by atoms with Gasteiger partial charge in [-0.2, -0.15) is 0 Å². The Bertz CT molecular complexity index is 1090.